The molecule has 0 aromatic rings. The summed E-state index contributed by atoms with van der Waals surface area (Å²) in [5.74, 6) is 0. The Labute approximate surface area is 81.3 Å². The predicted octanol–water partition coefficient (Wildman–Crippen LogP) is 0.380. The second kappa shape index (κ2) is 6.50. The van der Waals surface area contributed by atoms with Gasteiger partial charge in [-0.25, -0.2) is 0 Å². The summed E-state index contributed by atoms with van der Waals surface area (Å²) in [5, 5.41) is 9.11. The standard InChI is InChI=1S/C8H21NO3Si/c1-4-11-13(3,7-10)12-8(2)5-6-9/h8,10H,4-7,9H2,1-3H3. The van der Waals surface area contributed by atoms with E-state index in [-0.39, 0.29) is 12.3 Å². The van der Waals surface area contributed by atoms with E-state index in [1.807, 2.05) is 20.4 Å². The summed E-state index contributed by atoms with van der Waals surface area (Å²) in [6, 6.07) is 0. The van der Waals surface area contributed by atoms with E-state index in [1.165, 1.54) is 0 Å². The molecule has 0 aromatic carbocycles. The largest absolute Gasteiger partial charge is 0.394 e. The van der Waals surface area contributed by atoms with Crippen molar-refractivity contribution in [2.75, 3.05) is 19.4 Å². The van der Waals surface area contributed by atoms with Gasteiger partial charge in [0.1, 0.15) is 0 Å². The summed E-state index contributed by atoms with van der Waals surface area (Å²) in [6.45, 7) is 6.90. The molecule has 0 saturated heterocycles. The third-order valence-corrected chi connectivity index (χ3v) is 4.14. The van der Waals surface area contributed by atoms with E-state index in [0.717, 1.165) is 6.42 Å². The van der Waals surface area contributed by atoms with Gasteiger partial charge < -0.3 is 19.7 Å². The van der Waals surface area contributed by atoms with Gasteiger partial charge in [-0.2, -0.15) is 0 Å². The van der Waals surface area contributed by atoms with Crippen molar-refractivity contribution in [1.29, 1.82) is 0 Å². The zero-order valence-electron chi connectivity index (χ0n) is 8.75. The number of aliphatic hydroxyl groups is 1. The van der Waals surface area contributed by atoms with Gasteiger partial charge >= 0.3 is 8.56 Å². The Morgan fingerprint density at radius 3 is 2.54 bits per heavy atom. The Hall–Kier alpha value is 0.0569. The van der Waals surface area contributed by atoms with Gasteiger partial charge in [0.05, 0.1) is 6.23 Å². The van der Waals surface area contributed by atoms with E-state index < -0.39 is 8.56 Å². The zero-order valence-corrected chi connectivity index (χ0v) is 9.75. The molecule has 13 heavy (non-hydrogen) atoms. The van der Waals surface area contributed by atoms with Gasteiger partial charge in [0.15, 0.2) is 0 Å². The van der Waals surface area contributed by atoms with Crippen LogP contribution in [0.15, 0.2) is 0 Å². The highest BCUT2D eigenvalue weighted by Crippen LogP contribution is 2.10. The van der Waals surface area contributed by atoms with Crippen molar-refractivity contribution in [3.63, 3.8) is 0 Å². The minimum atomic E-state index is -2.32. The molecule has 0 saturated carbocycles. The maximum atomic E-state index is 9.11. The average molecular weight is 207 g/mol. The SMILES string of the molecule is CCO[Si](C)(CO)OC(C)CCN. The van der Waals surface area contributed by atoms with Crippen molar-refractivity contribution in [3.05, 3.63) is 0 Å². The van der Waals surface area contributed by atoms with E-state index >= 15 is 0 Å². The molecule has 0 heterocycles. The van der Waals surface area contributed by atoms with Gasteiger partial charge in [0, 0.05) is 12.7 Å². The van der Waals surface area contributed by atoms with Crippen molar-refractivity contribution < 1.29 is 14.0 Å². The lowest BCUT2D eigenvalue weighted by Gasteiger charge is -2.27. The van der Waals surface area contributed by atoms with Crippen LogP contribution in [0.2, 0.25) is 6.55 Å². The van der Waals surface area contributed by atoms with E-state index in [9.17, 15) is 0 Å². The minimum absolute atomic E-state index is 0.00421. The lowest BCUT2D eigenvalue weighted by Crippen LogP contribution is -2.46. The van der Waals surface area contributed by atoms with E-state index in [2.05, 4.69) is 0 Å². The summed E-state index contributed by atoms with van der Waals surface area (Å²) in [7, 11) is -2.32. The molecule has 0 aliphatic carbocycles. The molecule has 0 aliphatic rings. The van der Waals surface area contributed by atoms with Crippen molar-refractivity contribution in [2.24, 2.45) is 5.73 Å². The molecule has 0 aromatic heterocycles. The third kappa shape index (κ3) is 5.38. The highest BCUT2D eigenvalue weighted by molar-refractivity contribution is 6.65. The number of hydrogen-bond acceptors (Lipinski definition) is 4. The normalized spacial score (nSPS) is 18.2. The maximum absolute atomic E-state index is 9.11. The van der Waals surface area contributed by atoms with E-state index in [0.29, 0.717) is 13.2 Å². The maximum Gasteiger partial charge on any atom is 0.361 e. The third-order valence-electron chi connectivity index (χ3n) is 1.76. The Bertz CT molecular complexity index is 137. The Morgan fingerprint density at radius 2 is 2.15 bits per heavy atom. The van der Waals surface area contributed by atoms with Crippen LogP contribution in [0, 0.1) is 0 Å². The minimum Gasteiger partial charge on any atom is -0.394 e. The summed E-state index contributed by atoms with van der Waals surface area (Å²) < 4.78 is 11.1. The van der Waals surface area contributed by atoms with Crippen molar-refractivity contribution in [1.82, 2.24) is 0 Å². The summed E-state index contributed by atoms with van der Waals surface area (Å²) >= 11 is 0. The van der Waals surface area contributed by atoms with Crippen molar-refractivity contribution in [2.45, 2.75) is 32.9 Å². The van der Waals surface area contributed by atoms with Gasteiger partial charge in [0.2, 0.25) is 0 Å². The molecular formula is C8H21NO3Si. The number of rotatable bonds is 7. The van der Waals surface area contributed by atoms with Gasteiger partial charge in [-0.05, 0) is 33.4 Å². The molecule has 0 spiro atoms. The summed E-state index contributed by atoms with van der Waals surface area (Å²) in [6.07, 6.45) is 0.867. The highest BCUT2D eigenvalue weighted by Gasteiger charge is 2.32. The Kier molecular flexibility index (Phi) is 6.53. The first-order valence-electron chi connectivity index (χ1n) is 4.70. The molecule has 5 heteroatoms. The first-order valence-corrected chi connectivity index (χ1v) is 7.23. The van der Waals surface area contributed by atoms with E-state index in [1.54, 1.807) is 0 Å². The fraction of sp³-hybridized carbons (Fsp3) is 1.00. The molecular weight excluding hydrogens is 186 g/mol. The lowest BCUT2D eigenvalue weighted by molar-refractivity contribution is 0.107. The molecule has 2 unspecified atom stereocenters. The van der Waals surface area contributed by atoms with Gasteiger partial charge in [0.25, 0.3) is 0 Å². The molecule has 0 fully saturated rings. The molecule has 0 rings (SSSR count). The van der Waals surface area contributed by atoms with Crippen LogP contribution in [0.3, 0.4) is 0 Å². The topological polar surface area (TPSA) is 64.7 Å². The molecule has 4 nitrogen and oxygen atoms in total. The lowest BCUT2D eigenvalue weighted by atomic mass is 10.3. The summed E-state index contributed by atoms with van der Waals surface area (Å²) in [4.78, 5) is 0. The molecule has 3 N–H and O–H groups in total. The Balaban J connectivity index is 3.93. The van der Waals surface area contributed by atoms with Crippen LogP contribution in [0.25, 0.3) is 0 Å². The smallest absolute Gasteiger partial charge is 0.361 e. The fourth-order valence-electron chi connectivity index (χ4n) is 1.14. The second-order valence-electron chi connectivity index (χ2n) is 3.23. The molecule has 0 aliphatic heterocycles. The molecule has 0 bridgehead atoms. The predicted molar refractivity (Wildman–Crippen MR) is 54.5 cm³/mol. The van der Waals surface area contributed by atoms with Gasteiger partial charge in [-0.1, -0.05) is 0 Å². The Morgan fingerprint density at radius 1 is 1.54 bits per heavy atom. The number of hydrogen-bond donors (Lipinski definition) is 2. The van der Waals surface area contributed by atoms with Crippen LogP contribution in [0.4, 0.5) is 0 Å². The van der Waals surface area contributed by atoms with E-state index in [4.69, 9.17) is 19.7 Å². The first kappa shape index (κ1) is 13.1. The van der Waals surface area contributed by atoms with Gasteiger partial charge in [-0.3, -0.25) is 0 Å². The molecule has 0 amide bonds. The van der Waals surface area contributed by atoms with Crippen LogP contribution in [-0.2, 0) is 8.85 Å². The van der Waals surface area contributed by atoms with Crippen LogP contribution >= 0.6 is 0 Å². The highest BCUT2D eigenvalue weighted by atomic mass is 28.4. The van der Waals surface area contributed by atoms with Crippen LogP contribution < -0.4 is 5.73 Å². The second-order valence-corrected chi connectivity index (χ2v) is 6.34. The quantitative estimate of drug-likeness (QED) is 0.592. The number of nitrogens with two attached hydrogens (primary N) is 1. The number of aliphatic hydroxyl groups excluding tert-OH is 1. The molecule has 80 valence electrons. The first-order chi connectivity index (χ1) is 6.08. The average Bonchev–Trinajstić information content (AvgIpc) is 2.05. The van der Waals surface area contributed by atoms with Crippen LogP contribution in [0.1, 0.15) is 20.3 Å². The van der Waals surface area contributed by atoms with Crippen LogP contribution in [0.5, 0.6) is 0 Å². The molecule has 0 radical (unpaired) electrons. The zero-order chi connectivity index (χ0) is 10.3. The monoisotopic (exact) mass is 207 g/mol. The van der Waals surface area contributed by atoms with Crippen molar-refractivity contribution >= 4 is 8.56 Å². The van der Waals surface area contributed by atoms with Crippen molar-refractivity contribution in [3.8, 4) is 0 Å². The van der Waals surface area contributed by atoms with Gasteiger partial charge in [-0.15, -0.1) is 0 Å². The fourth-order valence-corrected chi connectivity index (χ4v) is 2.95. The van der Waals surface area contributed by atoms with Crippen LogP contribution in [-0.4, -0.2) is 39.2 Å². The molecule has 2 atom stereocenters. The summed E-state index contributed by atoms with van der Waals surface area (Å²) in [5.41, 5.74) is 5.40.